The molecule has 0 amide bonds. The Morgan fingerprint density at radius 1 is 1.15 bits per heavy atom. The number of nitrogens with zero attached hydrogens (tertiary/aromatic N) is 3. The number of fused-ring (bicyclic) bond motifs is 1. The van der Waals surface area contributed by atoms with E-state index in [0.717, 1.165) is 30.4 Å². The SMILES string of the molecule is O=C(O)C1CC2CCCCC2N1Cc1cnn(Cc2ccc(F)cc2)c1. The average Bonchev–Trinajstić information content (AvgIpc) is 3.22. The molecule has 3 atom stereocenters. The molecule has 0 bridgehead atoms. The van der Waals surface area contributed by atoms with Gasteiger partial charge in [0.1, 0.15) is 11.9 Å². The van der Waals surface area contributed by atoms with Crippen molar-refractivity contribution in [1.82, 2.24) is 14.7 Å². The lowest BCUT2D eigenvalue weighted by molar-refractivity contribution is -0.142. The molecule has 0 radical (unpaired) electrons. The van der Waals surface area contributed by atoms with E-state index in [1.54, 1.807) is 12.1 Å². The van der Waals surface area contributed by atoms with Crippen LogP contribution in [0.15, 0.2) is 36.7 Å². The maximum Gasteiger partial charge on any atom is 0.320 e. The number of halogens is 1. The number of carboxylic acid groups (broad SMARTS) is 1. The molecule has 2 aliphatic rings. The van der Waals surface area contributed by atoms with Gasteiger partial charge in [-0.15, -0.1) is 0 Å². The van der Waals surface area contributed by atoms with Gasteiger partial charge in [-0.3, -0.25) is 14.4 Å². The lowest BCUT2D eigenvalue weighted by atomic mass is 9.85. The molecule has 4 rings (SSSR count). The molecule has 26 heavy (non-hydrogen) atoms. The third-order valence-electron chi connectivity index (χ3n) is 5.82. The van der Waals surface area contributed by atoms with Gasteiger partial charge in [-0.05, 0) is 42.9 Å². The van der Waals surface area contributed by atoms with Crippen LogP contribution in [-0.4, -0.2) is 37.8 Å². The summed E-state index contributed by atoms with van der Waals surface area (Å²) >= 11 is 0. The van der Waals surface area contributed by atoms with Gasteiger partial charge in [-0.25, -0.2) is 4.39 Å². The quantitative estimate of drug-likeness (QED) is 0.892. The summed E-state index contributed by atoms with van der Waals surface area (Å²) in [6.45, 7) is 1.20. The molecular formula is C20H24FN3O2. The zero-order chi connectivity index (χ0) is 18.1. The first-order chi connectivity index (χ1) is 12.6. The maximum absolute atomic E-state index is 13.0. The van der Waals surface area contributed by atoms with Gasteiger partial charge in [0.15, 0.2) is 0 Å². The summed E-state index contributed by atoms with van der Waals surface area (Å²) < 4.78 is 14.8. The fourth-order valence-corrected chi connectivity index (χ4v) is 4.59. The highest BCUT2D eigenvalue weighted by molar-refractivity contribution is 5.74. The van der Waals surface area contributed by atoms with E-state index in [0.29, 0.717) is 25.0 Å². The lowest BCUT2D eigenvalue weighted by Crippen LogP contribution is -2.41. The van der Waals surface area contributed by atoms with Crippen LogP contribution in [0.3, 0.4) is 0 Å². The Morgan fingerprint density at radius 3 is 2.69 bits per heavy atom. The fraction of sp³-hybridized carbons (Fsp3) is 0.500. The van der Waals surface area contributed by atoms with E-state index < -0.39 is 5.97 Å². The Bertz CT molecular complexity index is 774. The van der Waals surface area contributed by atoms with Crippen LogP contribution in [0.4, 0.5) is 4.39 Å². The van der Waals surface area contributed by atoms with E-state index in [2.05, 4.69) is 10.00 Å². The minimum Gasteiger partial charge on any atom is -0.480 e. The van der Waals surface area contributed by atoms with E-state index >= 15 is 0 Å². The third kappa shape index (κ3) is 3.51. The molecule has 3 unspecified atom stereocenters. The van der Waals surface area contributed by atoms with Crippen LogP contribution < -0.4 is 0 Å². The standard InChI is InChI=1S/C20H24FN3O2/c21-17-7-5-14(6-8-17)11-23-12-15(10-22-23)13-24-18-4-2-1-3-16(18)9-19(24)20(25)26/h5-8,10,12,16,18-19H,1-4,9,11,13H2,(H,25,26). The molecule has 2 aromatic rings. The summed E-state index contributed by atoms with van der Waals surface area (Å²) in [5.41, 5.74) is 2.02. The van der Waals surface area contributed by atoms with Crippen LogP contribution in [0.1, 0.15) is 43.2 Å². The van der Waals surface area contributed by atoms with E-state index in [1.165, 1.54) is 25.0 Å². The largest absolute Gasteiger partial charge is 0.480 e. The predicted octanol–water partition coefficient (Wildman–Crippen LogP) is 3.29. The summed E-state index contributed by atoms with van der Waals surface area (Å²) in [6.07, 6.45) is 9.21. The topological polar surface area (TPSA) is 58.4 Å². The molecule has 138 valence electrons. The highest BCUT2D eigenvalue weighted by Crippen LogP contribution is 2.40. The highest BCUT2D eigenvalue weighted by atomic mass is 19.1. The predicted molar refractivity (Wildman–Crippen MR) is 95.1 cm³/mol. The second-order valence-electron chi connectivity index (χ2n) is 7.55. The third-order valence-corrected chi connectivity index (χ3v) is 5.82. The van der Waals surface area contributed by atoms with Crippen LogP contribution in [0.2, 0.25) is 0 Å². The molecule has 1 aromatic carbocycles. The van der Waals surface area contributed by atoms with E-state index in [4.69, 9.17) is 0 Å². The minimum absolute atomic E-state index is 0.245. The van der Waals surface area contributed by atoms with Crippen molar-refractivity contribution in [3.63, 3.8) is 0 Å². The van der Waals surface area contributed by atoms with Crippen molar-refractivity contribution in [2.45, 2.75) is 57.3 Å². The van der Waals surface area contributed by atoms with Gasteiger partial charge in [0, 0.05) is 24.3 Å². The van der Waals surface area contributed by atoms with Crippen molar-refractivity contribution in [3.05, 3.63) is 53.6 Å². The molecule has 1 aliphatic heterocycles. The van der Waals surface area contributed by atoms with Gasteiger partial charge in [0.05, 0.1) is 12.7 Å². The molecule has 1 aliphatic carbocycles. The monoisotopic (exact) mass is 357 g/mol. The number of aromatic nitrogens is 2. The van der Waals surface area contributed by atoms with Crippen LogP contribution >= 0.6 is 0 Å². The molecule has 2 fully saturated rings. The summed E-state index contributed by atoms with van der Waals surface area (Å²) in [5, 5.41) is 14.0. The number of rotatable bonds is 5. The highest BCUT2D eigenvalue weighted by Gasteiger charge is 2.45. The molecule has 1 N–H and O–H groups in total. The zero-order valence-corrected chi connectivity index (χ0v) is 14.7. The molecule has 6 heteroatoms. The van der Waals surface area contributed by atoms with E-state index in [1.807, 2.05) is 17.1 Å². The summed E-state index contributed by atoms with van der Waals surface area (Å²) in [5.74, 6) is -0.442. The fourth-order valence-electron chi connectivity index (χ4n) is 4.59. The van der Waals surface area contributed by atoms with Gasteiger partial charge in [0.2, 0.25) is 0 Å². The summed E-state index contributed by atoms with van der Waals surface area (Å²) in [7, 11) is 0. The molecule has 1 saturated heterocycles. The van der Waals surface area contributed by atoms with Crippen molar-refractivity contribution in [2.24, 2.45) is 5.92 Å². The Hall–Kier alpha value is -2.21. The maximum atomic E-state index is 13.0. The Labute approximate surface area is 152 Å². The van der Waals surface area contributed by atoms with Gasteiger partial charge in [0.25, 0.3) is 0 Å². The summed E-state index contributed by atoms with van der Waals surface area (Å²) in [4.78, 5) is 13.9. The molecular weight excluding hydrogens is 333 g/mol. The first-order valence-corrected chi connectivity index (χ1v) is 9.34. The number of hydrogen-bond donors (Lipinski definition) is 1. The van der Waals surface area contributed by atoms with Gasteiger partial charge in [-0.2, -0.15) is 5.10 Å². The molecule has 5 nitrogen and oxygen atoms in total. The second kappa shape index (κ2) is 7.19. The smallest absolute Gasteiger partial charge is 0.320 e. The van der Waals surface area contributed by atoms with Crippen molar-refractivity contribution < 1.29 is 14.3 Å². The number of carbonyl (C=O) groups is 1. The lowest BCUT2D eigenvalue weighted by Gasteiger charge is -2.32. The van der Waals surface area contributed by atoms with Crippen LogP contribution in [0.5, 0.6) is 0 Å². The summed E-state index contributed by atoms with van der Waals surface area (Å²) in [6, 6.07) is 6.40. The molecule has 0 spiro atoms. The molecule has 1 aromatic heterocycles. The number of aliphatic carboxylic acids is 1. The van der Waals surface area contributed by atoms with E-state index in [-0.39, 0.29) is 11.9 Å². The van der Waals surface area contributed by atoms with Crippen LogP contribution in [-0.2, 0) is 17.9 Å². The van der Waals surface area contributed by atoms with E-state index in [9.17, 15) is 14.3 Å². The number of likely N-dealkylation sites (tertiary alicyclic amines) is 1. The van der Waals surface area contributed by atoms with Gasteiger partial charge < -0.3 is 5.11 Å². The van der Waals surface area contributed by atoms with Crippen molar-refractivity contribution in [3.8, 4) is 0 Å². The molecule has 1 saturated carbocycles. The second-order valence-corrected chi connectivity index (χ2v) is 7.55. The first-order valence-electron chi connectivity index (χ1n) is 9.34. The Kier molecular flexibility index (Phi) is 4.76. The van der Waals surface area contributed by atoms with Crippen LogP contribution in [0.25, 0.3) is 0 Å². The number of carboxylic acids is 1. The van der Waals surface area contributed by atoms with Gasteiger partial charge >= 0.3 is 5.97 Å². The van der Waals surface area contributed by atoms with Crippen molar-refractivity contribution in [2.75, 3.05) is 0 Å². The van der Waals surface area contributed by atoms with Crippen molar-refractivity contribution in [1.29, 1.82) is 0 Å². The minimum atomic E-state index is -0.710. The number of hydrogen-bond acceptors (Lipinski definition) is 3. The normalized spacial score (nSPS) is 26.0. The molecule has 2 heterocycles. The van der Waals surface area contributed by atoms with Gasteiger partial charge in [-0.1, -0.05) is 25.0 Å². The van der Waals surface area contributed by atoms with Crippen LogP contribution in [0, 0.1) is 11.7 Å². The average molecular weight is 357 g/mol. The Morgan fingerprint density at radius 2 is 1.92 bits per heavy atom. The zero-order valence-electron chi connectivity index (χ0n) is 14.7. The number of benzene rings is 1. The Balaban J connectivity index is 1.46. The van der Waals surface area contributed by atoms with Crippen molar-refractivity contribution >= 4 is 5.97 Å². The first kappa shape index (κ1) is 17.2.